The predicted octanol–water partition coefficient (Wildman–Crippen LogP) is 3.44. The topological polar surface area (TPSA) is 53.1 Å². The van der Waals surface area contributed by atoms with E-state index in [2.05, 4.69) is 4.98 Å². The number of carboxylic acids is 1. The van der Waals surface area contributed by atoms with Crippen molar-refractivity contribution in [3.05, 3.63) is 48.0 Å². The van der Waals surface area contributed by atoms with Gasteiger partial charge >= 0.3 is 5.97 Å². The van der Waals surface area contributed by atoms with Crippen LogP contribution >= 0.6 is 12.4 Å². The standard InChI is InChI=1S/C13H9NO2.ClH/c15-13(16)8-5-6-12-10(7-8)9-3-1-2-4-11(9)14-12;/h1-7,14H,(H,15,16);1H. The van der Waals surface area contributed by atoms with Crippen molar-refractivity contribution in [1.29, 1.82) is 0 Å². The lowest BCUT2D eigenvalue weighted by atomic mass is 10.1. The molecule has 0 bridgehead atoms. The molecule has 0 saturated carbocycles. The second-order valence-corrected chi connectivity index (χ2v) is 3.74. The molecule has 4 heteroatoms. The summed E-state index contributed by atoms with van der Waals surface area (Å²) < 4.78 is 0. The van der Waals surface area contributed by atoms with Gasteiger partial charge in [0.2, 0.25) is 0 Å². The second-order valence-electron chi connectivity index (χ2n) is 3.74. The molecule has 0 atom stereocenters. The van der Waals surface area contributed by atoms with Crippen LogP contribution in [0, 0.1) is 0 Å². The molecule has 3 nitrogen and oxygen atoms in total. The van der Waals surface area contributed by atoms with Gasteiger partial charge in [0.25, 0.3) is 0 Å². The first-order valence-electron chi connectivity index (χ1n) is 4.99. The molecule has 0 aliphatic carbocycles. The molecular weight excluding hydrogens is 238 g/mol. The largest absolute Gasteiger partial charge is 0.478 e. The zero-order valence-electron chi connectivity index (χ0n) is 8.81. The molecule has 17 heavy (non-hydrogen) atoms. The average Bonchev–Trinajstić information content (AvgIpc) is 2.66. The van der Waals surface area contributed by atoms with E-state index >= 15 is 0 Å². The molecule has 0 spiro atoms. The number of aromatic carboxylic acids is 1. The summed E-state index contributed by atoms with van der Waals surface area (Å²) in [7, 11) is 0. The number of hydrogen-bond acceptors (Lipinski definition) is 1. The number of aromatic nitrogens is 1. The lowest BCUT2D eigenvalue weighted by Gasteiger charge is -1.94. The Morgan fingerprint density at radius 2 is 1.71 bits per heavy atom. The number of rotatable bonds is 1. The van der Waals surface area contributed by atoms with E-state index in [0.29, 0.717) is 5.56 Å². The summed E-state index contributed by atoms with van der Waals surface area (Å²) in [6.45, 7) is 0. The van der Waals surface area contributed by atoms with Crippen LogP contribution in [-0.4, -0.2) is 16.1 Å². The third-order valence-corrected chi connectivity index (χ3v) is 2.75. The van der Waals surface area contributed by atoms with Crippen molar-refractivity contribution in [2.24, 2.45) is 0 Å². The number of fused-ring (bicyclic) bond motifs is 3. The van der Waals surface area contributed by atoms with Gasteiger partial charge in [-0.05, 0) is 24.3 Å². The molecule has 1 aromatic heterocycles. The van der Waals surface area contributed by atoms with Crippen LogP contribution in [0.3, 0.4) is 0 Å². The van der Waals surface area contributed by atoms with Crippen molar-refractivity contribution in [2.45, 2.75) is 0 Å². The van der Waals surface area contributed by atoms with E-state index in [4.69, 9.17) is 5.11 Å². The van der Waals surface area contributed by atoms with Gasteiger partial charge in [0.05, 0.1) is 5.56 Å². The van der Waals surface area contributed by atoms with Crippen molar-refractivity contribution in [1.82, 2.24) is 4.98 Å². The van der Waals surface area contributed by atoms with Gasteiger partial charge in [0, 0.05) is 21.8 Å². The molecular formula is C13H10ClNO2. The summed E-state index contributed by atoms with van der Waals surface area (Å²) in [6, 6.07) is 13.0. The van der Waals surface area contributed by atoms with E-state index in [9.17, 15) is 4.79 Å². The van der Waals surface area contributed by atoms with Crippen LogP contribution in [0.15, 0.2) is 42.5 Å². The predicted molar refractivity (Wildman–Crippen MR) is 70.0 cm³/mol. The quantitative estimate of drug-likeness (QED) is 0.692. The highest BCUT2D eigenvalue weighted by molar-refractivity contribution is 6.09. The van der Waals surface area contributed by atoms with Crippen LogP contribution in [0.25, 0.3) is 21.8 Å². The molecule has 2 aromatic carbocycles. The Bertz CT molecular complexity index is 703. The summed E-state index contributed by atoms with van der Waals surface area (Å²) in [5.41, 5.74) is 2.31. The highest BCUT2D eigenvalue weighted by Gasteiger charge is 2.07. The number of benzene rings is 2. The Kier molecular flexibility index (Phi) is 2.77. The maximum absolute atomic E-state index is 10.9. The fraction of sp³-hybridized carbons (Fsp3) is 0. The number of carboxylic acid groups (broad SMARTS) is 1. The number of carbonyl (C=O) groups is 1. The monoisotopic (exact) mass is 247 g/mol. The second kappa shape index (κ2) is 4.11. The lowest BCUT2D eigenvalue weighted by molar-refractivity contribution is 0.0697. The lowest BCUT2D eigenvalue weighted by Crippen LogP contribution is -1.94. The molecule has 2 N–H and O–H groups in total. The number of hydrogen-bond donors (Lipinski definition) is 2. The Hall–Kier alpha value is -2.00. The SMILES string of the molecule is Cl.O=C(O)c1ccc2[nH]c3ccccc3c2c1. The summed E-state index contributed by atoms with van der Waals surface area (Å²) in [5, 5.41) is 11.0. The first kappa shape index (κ1) is 11.5. The molecule has 0 aliphatic heterocycles. The first-order valence-corrected chi connectivity index (χ1v) is 4.99. The van der Waals surface area contributed by atoms with Gasteiger partial charge in [-0.25, -0.2) is 4.79 Å². The van der Waals surface area contributed by atoms with E-state index in [1.807, 2.05) is 24.3 Å². The zero-order chi connectivity index (χ0) is 11.1. The maximum Gasteiger partial charge on any atom is 0.335 e. The van der Waals surface area contributed by atoms with Crippen LogP contribution < -0.4 is 0 Å². The van der Waals surface area contributed by atoms with Crippen LogP contribution in [0.5, 0.6) is 0 Å². The van der Waals surface area contributed by atoms with Crippen LogP contribution in [0.2, 0.25) is 0 Å². The van der Waals surface area contributed by atoms with Crippen molar-refractivity contribution < 1.29 is 9.90 Å². The Morgan fingerprint density at radius 3 is 2.47 bits per heavy atom. The van der Waals surface area contributed by atoms with Crippen LogP contribution in [0.1, 0.15) is 10.4 Å². The van der Waals surface area contributed by atoms with Crippen molar-refractivity contribution in [3.63, 3.8) is 0 Å². The molecule has 1 heterocycles. The van der Waals surface area contributed by atoms with E-state index in [1.165, 1.54) is 0 Å². The Balaban J connectivity index is 0.00000108. The minimum absolute atomic E-state index is 0. The highest BCUT2D eigenvalue weighted by Crippen LogP contribution is 2.25. The van der Waals surface area contributed by atoms with Crippen LogP contribution in [-0.2, 0) is 0 Å². The van der Waals surface area contributed by atoms with Crippen molar-refractivity contribution >= 4 is 40.2 Å². The van der Waals surface area contributed by atoms with Crippen LogP contribution in [0.4, 0.5) is 0 Å². The molecule has 0 fully saturated rings. The molecule has 0 amide bonds. The first-order chi connectivity index (χ1) is 7.75. The molecule has 0 unspecified atom stereocenters. The summed E-state index contributed by atoms with van der Waals surface area (Å²) >= 11 is 0. The van der Waals surface area contributed by atoms with Crippen molar-refractivity contribution in [2.75, 3.05) is 0 Å². The van der Waals surface area contributed by atoms with Gasteiger partial charge in [0.15, 0.2) is 0 Å². The molecule has 86 valence electrons. The van der Waals surface area contributed by atoms with Gasteiger partial charge in [-0.1, -0.05) is 18.2 Å². The Morgan fingerprint density at radius 1 is 1.00 bits per heavy atom. The minimum atomic E-state index is -0.896. The summed E-state index contributed by atoms with van der Waals surface area (Å²) in [5.74, 6) is -0.896. The molecule has 3 rings (SSSR count). The van der Waals surface area contributed by atoms with Gasteiger partial charge in [0.1, 0.15) is 0 Å². The molecule has 0 aliphatic rings. The third-order valence-electron chi connectivity index (χ3n) is 2.75. The fourth-order valence-corrected chi connectivity index (χ4v) is 1.98. The van der Waals surface area contributed by atoms with E-state index in [1.54, 1.807) is 18.2 Å². The van der Waals surface area contributed by atoms with Gasteiger partial charge in [-0.2, -0.15) is 0 Å². The van der Waals surface area contributed by atoms with Gasteiger partial charge in [-0.15, -0.1) is 12.4 Å². The van der Waals surface area contributed by atoms with E-state index in [0.717, 1.165) is 21.8 Å². The summed E-state index contributed by atoms with van der Waals surface area (Å²) in [6.07, 6.45) is 0. The number of halogens is 1. The number of H-pyrrole nitrogens is 1. The van der Waals surface area contributed by atoms with Gasteiger partial charge < -0.3 is 10.1 Å². The fourth-order valence-electron chi connectivity index (χ4n) is 1.98. The number of aromatic amines is 1. The third kappa shape index (κ3) is 1.74. The number of nitrogens with one attached hydrogen (secondary N) is 1. The summed E-state index contributed by atoms with van der Waals surface area (Å²) in [4.78, 5) is 14.1. The van der Waals surface area contributed by atoms with E-state index in [-0.39, 0.29) is 12.4 Å². The van der Waals surface area contributed by atoms with Crippen molar-refractivity contribution in [3.8, 4) is 0 Å². The van der Waals surface area contributed by atoms with Gasteiger partial charge in [-0.3, -0.25) is 0 Å². The maximum atomic E-state index is 10.9. The van der Waals surface area contributed by atoms with E-state index < -0.39 is 5.97 Å². The molecule has 0 saturated heterocycles. The minimum Gasteiger partial charge on any atom is -0.478 e. The smallest absolute Gasteiger partial charge is 0.335 e. The zero-order valence-corrected chi connectivity index (χ0v) is 9.62. The number of para-hydroxylation sites is 1. The Labute approximate surface area is 103 Å². The highest BCUT2D eigenvalue weighted by atomic mass is 35.5. The molecule has 0 radical (unpaired) electrons. The normalized spacial score (nSPS) is 10.4. The average molecular weight is 248 g/mol. The molecule has 3 aromatic rings.